The quantitative estimate of drug-likeness (QED) is 0.824. The topological polar surface area (TPSA) is 42.8 Å². The van der Waals surface area contributed by atoms with Crippen LogP contribution >= 0.6 is 0 Å². The molecule has 3 rings (SSSR count). The maximum absolute atomic E-state index is 12.8. The summed E-state index contributed by atoms with van der Waals surface area (Å²) in [6.45, 7) is 7.27. The van der Waals surface area contributed by atoms with Gasteiger partial charge in [-0.15, -0.1) is 0 Å². The number of carbonyl (C=O) groups is 1. The van der Waals surface area contributed by atoms with Crippen LogP contribution in [0, 0.1) is 11.8 Å². The molecule has 1 amide bonds. The lowest BCUT2D eigenvalue weighted by Crippen LogP contribution is -3.15. The predicted octanol–water partition coefficient (Wildman–Crippen LogP) is 2.46. The maximum Gasteiger partial charge on any atom is 0.275 e. The van der Waals surface area contributed by atoms with Crippen LogP contribution in [-0.4, -0.2) is 32.7 Å². The normalized spacial score (nSPS) is 23.4. The van der Waals surface area contributed by atoms with Crippen molar-refractivity contribution in [2.45, 2.75) is 26.3 Å². The molecule has 1 saturated heterocycles. The van der Waals surface area contributed by atoms with Crippen molar-refractivity contribution in [2.24, 2.45) is 11.8 Å². The second-order valence-corrected chi connectivity index (χ2v) is 7.97. The number of likely N-dealkylation sites (tertiary alicyclic amines) is 1. The fraction of sp³-hybridized carbons (Fsp3) is 0.435. The molecule has 2 N–H and O–H groups in total. The summed E-state index contributed by atoms with van der Waals surface area (Å²) in [7, 11) is 1.66. The van der Waals surface area contributed by atoms with E-state index in [0.717, 1.165) is 30.0 Å². The Bertz CT molecular complexity index is 720. The summed E-state index contributed by atoms with van der Waals surface area (Å²) in [6.07, 6.45) is 1.27. The molecule has 2 aromatic rings. The van der Waals surface area contributed by atoms with Crippen molar-refractivity contribution in [1.82, 2.24) is 5.32 Å². The number of ether oxygens (including phenoxy) is 1. The average Bonchev–Trinajstić information content (AvgIpc) is 2.66. The lowest BCUT2D eigenvalue weighted by Gasteiger charge is -2.32. The lowest BCUT2D eigenvalue weighted by atomic mass is 9.92. The van der Waals surface area contributed by atoms with Crippen LogP contribution in [0.25, 0.3) is 0 Å². The van der Waals surface area contributed by atoms with Crippen molar-refractivity contribution < 1.29 is 14.4 Å². The van der Waals surface area contributed by atoms with Gasteiger partial charge in [-0.25, -0.2) is 0 Å². The zero-order chi connectivity index (χ0) is 19.2. The average molecular weight is 368 g/mol. The fourth-order valence-corrected chi connectivity index (χ4v) is 4.31. The molecule has 0 saturated carbocycles. The van der Waals surface area contributed by atoms with Crippen molar-refractivity contribution in [3.63, 3.8) is 0 Å². The first-order chi connectivity index (χ1) is 13.0. The Morgan fingerprint density at radius 2 is 1.63 bits per heavy atom. The van der Waals surface area contributed by atoms with E-state index in [9.17, 15) is 4.79 Å². The van der Waals surface area contributed by atoms with E-state index in [1.807, 2.05) is 42.5 Å². The Kier molecular flexibility index (Phi) is 6.51. The van der Waals surface area contributed by atoms with E-state index in [2.05, 4.69) is 31.3 Å². The first-order valence-electron chi connectivity index (χ1n) is 9.87. The van der Waals surface area contributed by atoms with Crippen LogP contribution in [-0.2, 0) is 4.79 Å². The monoisotopic (exact) mass is 367 g/mol. The number of piperidine rings is 1. The van der Waals surface area contributed by atoms with Crippen LogP contribution in [0.5, 0.6) is 5.75 Å². The van der Waals surface area contributed by atoms with Gasteiger partial charge in [-0.05, 0) is 29.7 Å². The van der Waals surface area contributed by atoms with Gasteiger partial charge in [-0.1, -0.05) is 56.3 Å². The van der Waals surface area contributed by atoms with Crippen molar-refractivity contribution in [1.29, 1.82) is 0 Å². The van der Waals surface area contributed by atoms with Crippen molar-refractivity contribution in [3.05, 3.63) is 65.7 Å². The van der Waals surface area contributed by atoms with Crippen LogP contribution in [0.15, 0.2) is 54.6 Å². The van der Waals surface area contributed by atoms with E-state index in [1.54, 1.807) is 7.11 Å². The molecule has 4 atom stereocenters. The number of rotatable bonds is 6. The Balaban J connectivity index is 1.74. The summed E-state index contributed by atoms with van der Waals surface area (Å²) in [6, 6.07) is 17.9. The Labute approximate surface area is 162 Å². The van der Waals surface area contributed by atoms with Gasteiger partial charge in [0.1, 0.15) is 5.75 Å². The first-order valence-corrected chi connectivity index (χ1v) is 9.87. The summed E-state index contributed by atoms with van der Waals surface area (Å²) >= 11 is 0. The number of hydrogen-bond donors (Lipinski definition) is 2. The molecule has 1 heterocycles. The summed E-state index contributed by atoms with van der Waals surface area (Å²) in [5.41, 5.74) is 2.15. The Morgan fingerprint density at radius 3 is 2.22 bits per heavy atom. The van der Waals surface area contributed by atoms with Crippen LogP contribution in [0.4, 0.5) is 0 Å². The van der Waals surface area contributed by atoms with E-state index in [4.69, 9.17) is 4.74 Å². The van der Waals surface area contributed by atoms with Crippen molar-refractivity contribution >= 4 is 5.91 Å². The number of benzene rings is 2. The summed E-state index contributed by atoms with van der Waals surface area (Å²) < 4.78 is 5.27. The highest BCUT2D eigenvalue weighted by molar-refractivity contribution is 5.78. The van der Waals surface area contributed by atoms with E-state index >= 15 is 0 Å². The molecule has 0 spiro atoms. The molecular weight excluding hydrogens is 336 g/mol. The lowest BCUT2D eigenvalue weighted by molar-refractivity contribution is -0.904. The fourth-order valence-electron chi connectivity index (χ4n) is 4.31. The predicted molar refractivity (Wildman–Crippen MR) is 108 cm³/mol. The molecule has 1 fully saturated rings. The SMILES string of the molecule is COc1ccc([C@@H](NC(=O)C[NH+]2C[C@H](C)C[C@H](C)C2)c2ccccc2)cc1. The van der Waals surface area contributed by atoms with Gasteiger partial charge in [0, 0.05) is 11.8 Å². The van der Waals surface area contributed by atoms with Gasteiger partial charge >= 0.3 is 0 Å². The zero-order valence-corrected chi connectivity index (χ0v) is 16.6. The standard InChI is InChI=1S/C23H30N2O2/c1-17-13-18(2)15-25(14-17)16-22(26)24-23(19-7-5-4-6-8-19)20-9-11-21(27-3)12-10-20/h4-12,17-18,23H,13-16H2,1-3H3,(H,24,26)/p+1/t17-,18+,23-/m0/s1. The second-order valence-electron chi connectivity index (χ2n) is 7.97. The number of methoxy groups -OCH3 is 1. The highest BCUT2D eigenvalue weighted by Crippen LogP contribution is 2.24. The zero-order valence-electron chi connectivity index (χ0n) is 16.6. The highest BCUT2D eigenvalue weighted by atomic mass is 16.5. The van der Waals surface area contributed by atoms with Crippen molar-refractivity contribution in [3.8, 4) is 5.75 Å². The molecule has 2 aromatic carbocycles. The molecule has 1 aliphatic rings. The van der Waals surface area contributed by atoms with Gasteiger partial charge in [-0.2, -0.15) is 0 Å². The van der Waals surface area contributed by atoms with Crippen molar-refractivity contribution in [2.75, 3.05) is 26.7 Å². The molecule has 27 heavy (non-hydrogen) atoms. The smallest absolute Gasteiger partial charge is 0.275 e. The van der Waals surface area contributed by atoms with Crippen LogP contribution < -0.4 is 15.0 Å². The molecule has 0 radical (unpaired) electrons. The third kappa shape index (κ3) is 5.33. The van der Waals surface area contributed by atoms with E-state index in [1.165, 1.54) is 11.3 Å². The van der Waals surface area contributed by atoms with Gasteiger partial charge in [-0.3, -0.25) is 4.79 Å². The molecule has 144 valence electrons. The molecule has 1 unspecified atom stereocenters. The Hall–Kier alpha value is -2.33. The van der Waals surface area contributed by atoms with Crippen LogP contribution in [0.1, 0.15) is 37.4 Å². The third-order valence-corrected chi connectivity index (χ3v) is 5.38. The molecule has 4 heteroatoms. The van der Waals surface area contributed by atoms with E-state index < -0.39 is 0 Å². The van der Waals surface area contributed by atoms with Crippen LogP contribution in [0.3, 0.4) is 0 Å². The van der Waals surface area contributed by atoms with Crippen LogP contribution in [0.2, 0.25) is 0 Å². The summed E-state index contributed by atoms with van der Waals surface area (Å²) in [5.74, 6) is 2.29. The maximum atomic E-state index is 12.8. The minimum Gasteiger partial charge on any atom is -0.497 e. The largest absolute Gasteiger partial charge is 0.497 e. The summed E-state index contributed by atoms with van der Waals surface area (Å²) in [5, 5.41) is 3.26. The van der Waals surface area contributed by atoms with Gasteiger partial charge in [0.25, 0.3) is 5.91 Å². The third-order valence-electron chi connectivity index (χ3n) is 5.38. The summed E-state index contributed by atoms with van der Waals surface area (Å²) in [4.78, 5) is 14.2. The number of nitrogens with one attached hydrogen (secondary N) is 2. The van der Waals surface area contributed by atoms with Gasteiger partial charge in [0.15, 0.2) is 6.54 Å². The van der Waals surface area contributed by atoms with Gasteiger partial charge < -0.3 is 15.0 Å². The minimum absolute atomic E-state index is 0.107. The highest BCUT2D eigenvalue weighted by Gasteiger charge is 2.27. The molecule has 1 aliphatic heterocycles. The number of carbonyl (C=O) groups excluding carboxylic acids is 1. The Morgan fingerprint density at radius 1 is 1.04 bits per heavy atom. The number of quaternary nitrogens is 1. The minimum atomic E-state index is -0.149. The molecule has 4 nitrogen and oxygen atoms in total. The van der Waals surface area contributed by atoms with Gasteiger partial charge in [0.2, 0.25) is 0 Å². The first kappa shape index (κ1) is 19.4. The molecular formula is C23H31N2O2+. The number of hydrogen-bond acceptors (Lipinski definition) is 2. The van der Waals surface area contributed by atoms with Gasteiger partial charge in [0.05, 0.1) is 26.2 Å². The van der Waals surface area contributed by atoms with E-state index in [-0.39, 0.29) is 11.9 Å². The second kappa shape index (κ2) is 9.05. The molecule has 0 aliphatic carbocycles. The van der Waals surface area contributed by atoms with E-state index in [0.29, 0.717) is 18.4 Å². The molecule has 0 bridgehead atoms. The number of amides is 1. The molecule has 0 aromatic heterocycles.